The van der Waals surface area contributed by atoms with E-state index >= 15 is 0 Å². The molecule has 0 aliphatic carbocycles. The Morgan fingerprint density at radius 3 is 2.60 bits per heavy atom. The van der Waals surface area contributed by atoms with E-state index in [9.17, 15) is 0 Å². The number of nitrogens with one attached hydrogen (secondary N) is 1. The van der Waals surface area contributed by atoms with Crippen molar-refractivity contribution in [2.24, 2.45) is 0 Å². The van der Waals surface area contributed by atoms with Crippen molar-refractivity contribution < 1.29 is 0 Å². The Balaban J connectivity index is 2.73. The predicted molar refractivity (Wildman–Crippen MR) is 65.0 cm³/mol. The topological polar surface area (TPSA) is 35.8 Å². The molecule has 0 aliphatic heterocycles. The number of thiophene rings is 1. The maximum Gasteiger partial charge on any atom is 0.0954 e. The summed E-state index contributed by atoms with van der Waals surface area (Å²) in [4.78, 5) is 2.68. The Bertz CT molecular complexity index is 362. The standard InChI is InChI=1S/C12H18N2S/c1-5-11(7-13)14-9(3)12-6-8(2)15-10(12)4/h6,9,11,14H,5H2,1-4H3. The van der Waals surface area contributed by atoms with E-state index in [2.05, 4.69) is 38.2 Å². The van der Waals surface area contributed by atoms with Crippen LogP contribution < -0.4 is 5.32 Å². The third-order valence-corrected chi connectivity index (χ3v) is 3.54. The van der Waals surface area contributed by atoms with Crippen molar-refractivity contribution in [3.8, 4) is 6.07 Å². The average molecular weight is 222 g/mol. The first kappa shape index (κ1) is 12.2. The van der Waals surface area contributed by atoms with Crippen LogP contribution in [0.2, 0.25) is 0 Å². The van der Waals surface area contributed by atoms with Crippen LogP contribution >= 0.6 is 11.3 Å². The molecule has 1 rings (SSSR count). The molecule has 1 aromatic rings. The first-order valence-corrected chi connectivity index (χ1v) is 6.12. The minimum Gasteiger partial charge on any atom is -0.295 e. The van der Waals surface area contributed by atoms with Gasteiger partial charge < -0.3 is 0 Å². The van der Waals surface area contributed by atoms with E-state index < -0.39 is 0 Å². The summed E-state index contributed by atoms with van der Waals surface area (Å²) in [6.45, 7) is 8.40. The number of rotatable bonds is 4. The van der Waals surface area contributed by atoms with Gasteiger partial charge >= 0.3 is 0 Å². The van der Waals surface area contributed by atoms with Crippen LogP contribution in [0.25, 0.3) is 0 Å². The molecule has 82 valence electrons. The van der Waals surface area contributed by atoms with Crippen molar-refractivity contribution in [2.75, 3.05) is 0 Å². The fourth-order valence-electron chi connectivity index (χ4n) is 1.72. The van der Waals surface area contributed by atoms with Crippen LogP contribution in [0, 0.1) is 25.2 Å². The molecule has 1 heterocycles. The van der Waals surface area contributed by atoms with E-state index in [1.54, 1.807) is 0 Å². The number of hydrogen-bond acceptors (Lipinski definition) is 3. The van der Waals surface area contributed by atoms with Crippen LogP contribution in [0.15, 0.2) is 6.07 Å². The highest BCUT2D eigenvalue weighted by Crippen LogP contribution is 2.26. The third kappa shape index (κ3) is 3.05. The first-order chi connectivity index (χ1) is 7.08. The van der Waals surface area contributed by atoms with Crippen molar-refractivity contribution in [3.05, 3.63) is 21.4 Å². The monoisotopic (exact) mass is 222 g/mol. The third-order valence-electron chi connectivity index (χ3n) is 2.56. The molecule has 0 saturated heterocycles. The van der Waals surface area contributed by atoms with E-state index in [-0.39, 0.29) is 12.1 Å². The fraction of sp³-hybridized carbons (Fsp3) is 0.583. The van der Waals surface area contributed by atoms with Gasteiger partial charge in [0.05, 0.1) is 12.1 Å². The van der Waals surface area contributed by atoms with Crippen LogP contribution in [0.4, 0.5) is 0 Å². The average Bonchev–Trinajstić information content (AvgIpc) is 2.54. The van der Waals surface area contributed by atoms with E-state index in [0.29, 0.717) is 0 Å². The second-order valence-electron chi connectivity index (χ2n) is 3.85. The van der Waals surface area contributed by atoms with Crippen LogP contribution in [0.5, 0.6) is 0 Å². The van der Waals surface area contributed by atoms with Crippen LogP contribution in [0.1, 0.15) is 41.6 Å². The SMILES string of the molecule is CCC(C#N)NC(C)c1cc(C)sc1C. The summed E-state index contributed by atoms with van der Waals surface area (Å²) in [5.41, 5.74) is 1.33. The van der Waals surface area contributed by atoms with Gasteiger partial charge in [0.2, 0.25) is 0 Å². The summed E-state index contributed by atoms with van der Waals surface area (Å²) in [6.07, 6.45) is 0.850. The van der Waals surface area contributed by atoms with Gasteiger partial charge in [0.1, 0.15) is 0 Å². The van der Waals surface area contributed by atoms with Gasteiger partial charge in [0.25, 0.3) is 0 Å². The minimum absolute atomic E-state index is 0.0420. The van der Waals surface area contributed by atoms with Crippen molar-refractivity contribution in [1.82, 2.24) is 5.32 Å². The zero-order valence-corrected chi connectivity index (χ0v) is 10.6. The van der Waals surface area contributed by atoms with Gasteiger partial charge in [0.15, 0.2) is 0 Å². The zero-order valence-electron chi connectivity index (χ0n) is 9.79. The molecule has 3 heteroatoms. The molecule has 2 atom stereocenters. The molecule has 0 saturated carbocycles. The molecule has 2 unspecified atom stereocenters. The van der Waals surface area contributed by atoms with Gasteiger partial charge in [-0.1, -0.05) is 6.92 Å². The predicted octanol–water partition coefficient (Wildman–Crippen LogP) is 3.32. The number of nitrogens with zero attached hydrogens (tertiary/aromatic N) is 1. The lowest BCUT2D eigenvalue weighted by Gasteiger charge is -2.16. The van der Waals surface area contributed by atoms with Crippen LogP contribution in [0.3, 0.4) is 0 Å². The van der Waals surface area contributed by atoms with Crippen molar-refractivity contribution in [2.45, 2.75) is 46.2 Å². The van der Waals surface area contributed by atoms with E-state index in [0.717, 1.165) is 6.42 Å². The summed E-state index contributed by atoms with van der Waals surface area (Å²) in [6, 6.07) is 4.70. The quantitative estimate of drug-likeness (QED) is 0.848. The Kier molecular flexibility index (Phi) is 4.31. The molecule has 0 aromatic carbocycles. The van der Waals surface area contributed by atoms with Gasteiger partial charge in [-0.2, -0.15) is 5.26 Å². The fourth-order valence-corrected chi connectivity index (χ4v) is 2.74. The molecule has 0 spiro atoms. The molecular weight excluding hydrogens is 204 g/mol. The zero-order chi connectivity index (χ0) is 11.4. The lowest BCUT2D eigenvalue weighted by atomic mass is 10.1. The van der Waals surface area contributed by atoms with E-state index in [1.165, 1.54) is 15.3 Å². The van der Waals surface area contributed by atoms with Crippen LogP contribution in [-0.2, 0) is 0 Å². The summed E-state index contributed by atoms with van der Waals surface area (Å²) >= 11 is 1.82. The highest BCUT2D eigenvalue weighted by Gasteiger charge is 2.14. The Hall–Kier alpha value is -0.850. The molecule has 0 radical (unpaired) electrons. The van der Waals surface area contributed by atoms with Crippen molar-refractivity contribution in [1.29, 1.82) is 5.26 Å². The molecular formula is C12H18N2S. The molecule has 2 nitrogen and oxygen atoms in total. The Morgan fingerprint density at radius 1 is 1.53 bits per heavy atom. The number of nitriles is 1. The van der Waals surface area contributed by atoms with Gasteiger partial charge in [-0.15, -0.1) is 11.3 Å². The summed E-state index contributed by atoms with van der Waals surface area (Å²) in [5.74, 6) is 0. The smallest absolute Gasteiger partial charge is 0.0954 e. The van der Waals surface area contributed by atoms with Crippen molar-refractivity contribution >= 4 is 11.3 Å². The minimum atomic E-state index is -0.0420. The highest BCUT2D eigenvalue weighted by atomic mass is 32.1. The highest BCUT2D eigenvalue weighted by molar-refractivity contribution is 7.12. The Labute approximate surface area is 95.9 Å². The summed E-state index contributed by atoms with van der Waals surface area (Å²) in [5, 5.41) is 12.2. The summed E-state index contributed by atoms with van der Waals surface area (Å²) in [7, 11) is 0. The van der Waals surface area contributed by atoms with Gasteiger partial charge in [-0.3, -0.25) is 5.32 Å². The molecule has 0 fully saturated rings. The molecule has 0 bridgehead atoms. The van der Waals surface area contributed by atoms with E-state index in [4.69, 9.17) is 5.26 Å². The second kappa shape index (κ2) is 5.29. The van der Waals surface area contributed by atoms with Gasteiger partial charge in [-0.05, 0) is 38.8 Å². The molecule has 0 aliphatic rings. The lowest BCUT2D eigenvalue weighted by molar-refractivity contribution is 0.508. The van der Waals surface area contributed by atoms with Gasteiger partial charge in [0, 0.05) is 15.8 Å². The maximum atomic E-state index is 8.89. The van der Waals surface area contributed by atoms with Crippen molar-refractivity contribution in [3.63, 3.8) is 0 Å². The number of aryl methyl sites for hydroxylation is 2. The molecule has 0 amide bonds. The largest absolute Gasteiger partial charge is 0.295 e. The first-order valence-electron chi connectivity index (χ1n) is 5.31. The molecule has 1 N–H and O–H groups in total. The Morgan fingerprint density at radius 2 is 2.20 bits per heavy atom. The van der Waals surface area contributed by atoms with Gasteiger partial charge in [-0.25, -0.2) is 0 Å². The second-order valence-corrected chi connectivity index (χ2v) is 5.31. The molecule has 1 aromatic heterocycles. The molecule has 15 heavy (non-hydrogen) atoms. The van der Waals surface area contributed by atoms with Crippen LogP contribution in [-0.4, -0.2) is 6.04 Å². The maximum absolute atomic E-state index is 8.89. The summed E-state index contributed by atoms with van der Waals surface area (Å²) < 4.78 is 0. The lowest BCUT2D eigenvalue weighted by Crippen LogP contribution is -2.29. The van der Waals surface area contributed by atoms with E-state index in [1.807, 2.05) is 18.3 Å². The number of hydrogen-bond donors (Lipinski definition) is 1. The normalized spacial score (nSPS) is 14.6.